The second kappa shape index (κ2) is 6.33. The molecule has 1 aromatic heterocycles. The van der Waals surface area contributed by atoms with Gasteiger partial charge in [-0.25, -0.2) is 0 Å². The molecule has 0 amide bonds. The third-order valence-corrected chi connectivity index (χ3v) is 4.88. The van der Waals surface area contributed by atoms with Crippen LogP contribution in [0, 0.1) is 6.92 Å². The number of nitrogens with one attached hydrogen (secondary N) is 1. The van der Waals surface area contributed by atoms with Crippen molar-refractivity contribution in [1.82, 2.24) is 9.88 Å². The van der Waals surface area contributed by atoms with Crippen molar-refractivity contribution < 1.29 is 4.74 Å². The summed E-state index contributed by atoms with van der Waals surface area (Å²) >= 11 is 0. The fourth-order valence-electron chi connectivity index (χ4n) is 3.79. The van der Waals surface area contributed by atoms with Crippen molar-refractivity contribution in [2.75, 3.05) is 19.7 Å². The number of hydrogen-bond donors (Lipinski definition) is 1. The van der Waals surface area contributed by atoms with Crippen LogP contribution in [0.2, 0.25) is 0 Å². The maximum atomic E-state index is 5.64. The van der Waals surface area contributed by atoms with E-state index in [4.69, 9.17) is 4.74 Å². The maximum absolute atomic E-state index is 5.64. The Balaban J connectivity index is 1.89. The standard InChI is InChI=1S/C21H24N2O/c1-3-24-18-7-8-19(15(2)13-18)20-6-4-5-16-14-17-9-10-22-11-12-23(17)21(16)20/h4-8,13-14,22H,3,9-12H2,1-2H3. The molecule has 0 atom stereocenters. The molecule has 3 aromatic rings. The SMILES string of the molecule is CCOc1ccc(-c2cccc3cc4n(c23)CCNCC4)c(C)c1. The minimum absolute atomic E-state index is 0.702. The van der Waals surface area contributed by atoms with Crippen molar-refractivity contribution in [3.8, 4) is 16.9 Å². The van der Waals surface area contributed by atoms with Crippen LogP contribution in [0.25, 0.3) is 22.0 Å². The number of para-hydroxylation sites is 1. The molecule has 1 N–H and O–H groups in total. The van der Waals surface area contributed by atoms with E-state index in [0.29, 0.717) is 6.61 Å². The topological polar surface area (TPSA) is 26.2 Å². The van der Waals surface area contributed by atoms with Crippen molar-refractivity contribution in [3.63, 3.8) is 0 Å². The molecule has 24 heavy (non-hydrogen) atoms. The lowest BCUT2D eigenvalue weighted by molar-refractivity contribution is 0.340. The predicted molar refractivity (Wildman–Crippen MR) is 99.9 cm³/mol. The zero-order valence-corrected chi connectivity index (χ0v) is 14.4. The number of hydrogen-bond acceptors (Lipinski definition) is 2. The largest absolute Gasteiger partial charge is 0.494 e. The van der Waals surface area contributed by atoms with Gasteiger partial charge < -0.3 is 14.6 Å². The Bertz CT molecular complexity index is 879. The lowest BCUT2D eigenvalue weighted by Crippen LogP contribution is -2.17. The Morgan fingerprint density at radius 3 is 2.83 bits per heavy atom. The molecule has 2 aromatic carbocycles. The number of benzene rings is 2. The maximum Gasteiger partial charge on any atom is 0.119 e. The van der Waals surface area contributed by atoms with Gasteiger partial charge in [-0.1, -0.05) is 24.3 Å². The Morgan fingerprint density at radius 1 is 1.08 bits per heavy atom. The molecule has 1 aliphatic heterocycles. The molecule has 0 unspecified atom stereocenters. The summed E-state index contributed by atoms with van der Waals surface area (Å²) < 4.78 is 8.14. The zero-order valence-electron chi connectivity index (χ0n) is 14.4. The van der Waals surface area contributed by atoms with Crippen LogP contribution in [0.5, 0.6) is 5.75 Å². The van der Waals surface area contributed by atoms with Crippen LogP contribution in [-0.4, -0.2) is 24.3 Å². The molecule has 0 spiro atoms. The summed E-state index contributed by atoms with van der Waals surface area (Å²) in [6.45, 7) is 8.03. The van der Waals surface area contributed by atoms with Crippen LogP contribution in [-0.2, 0) is 13.0 Å². The van der Waals surface area contributed by atoms with Crippen molar-refractivity contribution >= 4 is 10.9 Å². The molecule has 0 fully saturated rings. The molecule has 0 saturated heterocycles. The second-order valence-electron chi connectivity index (χ2n) is 6.44. The van der Waals surface area contributed by atoms with E-state index in [-0.39, 0.29) is 0 Å². The summed E-state index contributed by atoms with van der Waals surface area (Å²) in [6.07, 6.45) is 1.09. The summed E-state index contributed by atoms with van der Waals surface area (Å²) in [4.78, 5) is 0. The van der Waals surface area contributed by atoms with Crippen LogP contribution in [0.4, 0.5) is 0 Å². The van der Waals surface area contributed by atoms with Gasteiger partial charge in [0.15, 0.2) is 0 Å². The monoisotopic (exact) mass is 320 g/mol. The summed E-state index contributed by atoms with van der Waals surface area (Å²) in [7, 11) is 0. The third-order valence-electron chi connectivity index (χ3n) is 4.88. The van der Waals surface area contributed by atoms with Gasteiger partial charge in [0.2, 0.25) is 0 Å². The van der Waals surface area contributed by atoms with Gasteiger partial charge in [0.05, 0.1) is 12.1 Å². The van der Waals surface area contributed by atoms with Crippen LogP contribution >= 0.6 is 0 Å². The summed E-state index contributed by atoms with van der Waals surface area (Å²) in [5.41, 5.74) is 6.67. The Labute approximate surface area is 143 Å². The number of fused-ring (bicyclic) bond motifs is 3. The molecule has 0 aliphatic carbocycles. The highest BCUT2D eigenvalue weighted by Crippen LogP contribution is 2.34. The van der Waals surface area contributed by atoms with E-state index in [1.54, 1.807) is 0 Å². The van der Waals surface area contributed by atoms with Crippen molar-refractivity contribution in [1.29, 1.82) is 0 Å². The normalized spacial score (nSPS) is 14.4. The van der Waals surface area contributed by atoms with Gasteiger partial charge in [-0.05, 0) is 43.2 Å². The number of aromatic nitrogens is 1. The van der Waals surface area contributed by atoms with Gasteiger partial charge in [0.25, 0.3) is 0 Å². The van der Waals surface area contributed by atoms with Crippen molar-refractivity contribution in [2.24, 2.45) is 0 Å². The fraction of sp³-hybridized carbons (Fsp3) is 0.333. The average Bonchev–Trinajstić information content (AvgIpc) is 2.77. The van der Waals surface area contributed by atoms with Gasteiger partial charge in [0.1, 0.15) is 5.75 Å². The molecule has 0 bridgehead atoms. The third kappa shape index (κ3) is 2.59. The molecule has 4 rings (SSSR count). The lowest BCUT2D eigenvalue weighted by Gasteiger charge is -2.14. The molecule has 3 nitrogen and oxygen atoms in total. The van der Waals surface area contributed by atoms with Gasteiger partial charge in [0, 0.05) is 42.7 Å². The van der Waals surface area contributed by atoms with E-state index in [0.717, 1.165) is 31.8 Å². The van der Waals surface area contributed by atoms with Gasteiger partial charge in [-0.15, -0.1) is 0 Å². The van der Waals surface area contributed by atoms with Crippen LogP contribution < -0.4 is 10.1 Å². The Kier molecular flexibility index (Phi) is 4.03. The number of aryl methyl sites for hydroxylation is 1. The van der Waals surface area contributed by atoms with Crippen molar-refractivity contribution in [3.05, 3.63) is 53.7 Å². The highest BCUT2D eigenvalue weighted by atomic mass is 16.5. The first kappa shape index (κ1) is 15.3. The quantitative estimate of drug-likeness (QED) is 0.784. The highest BCUT2D eigenvalue weighted by Gasteiger charge is 2.16. The molecule has 0 radical (unpaired) electrons. The Morgan fingerprint density at radius 2 is 2.00 bits per heavy atom. The zero-order chi connectivity index (χ0) is 16.5. The van der Waals surface area contributed by atoms with E-state index in [1.807, 2.05) is 6.92 Å². The predicted octanol–water partition coefficient (Wildman–Crippen LogP) is 4.16. The van der Waals surface area contributed by atoms with Gasteiger partial charge in [-0.3, -0.25) is 0 Å². The van der Waals surface area contributed by atoms with E-state index in [1.165, 1.54) is 33.3 Å². The molecule has 3 heteroatoms. The summed E-state index contributed by atoms with van der Waals surface area (Å²) in [5, 5.41) is 4.84. The molecule has 124 valence electrons. The minimum Gasteiger partial charge on any atom is -0.494 e. The van der Waals surface area contributed by atoms with Crippen LogP contribution in [0.1, 0.15) is 18.2 Å². The second-order valence-corrected chi connectivity index (χ2v) is 6.44. The minimum atomic E-state index is 0.702. The van der Waals surface area contributed by atoms with E-state index >= 15 is 0 Å². The average molecular weight is 320 g/mol. The number of ether oxygens (including phenoxy) is 1. The first-order chi connectivity index (χ1) is 11.8. The summed E-state index contributed by atoms with van der Waals surface area (Å²) in [6, 6.07) is 15.4. The molecule has 2 heterocycles. The van der Waals surface area contributed by atoms with E-state index in [9.17, 15) is 0 Å². The van der Waals surface area contributed by atoms with Gasteiger partial charge in [-0.2, -0.15) is 0 Å². The molecule has 1 aliphatic rings. The van der Waals surface area contributed by atoms with E-state index < -0.39 is 0 Å². The lowest BCUT2D eigenvalue weighted by atomic mass is 9.98. The van der Waals surface area contributed by atoms with Crippen molar-refractivity contribution in [2.45, 2.75) is 26.8 Å². The first-order valence-corrected chi connectivity index (χ1v) is 8.83. The number of rotatable bonds is 3. The fourth-order valence-corrected chi connectivity index (χ4v) is 3.79. The summed E-state index contributed by atoms with van der Waals surface area (Å²) in [5.74, 6) is 0.948. The van der Waals surface area contributed by atoms with Crippen LogP contribution in [0.15, 0.2) is 42.5 Å². The number of nitrogens with zero attached hydrogens (tertiary/aromatic N) is 1. The van der Waals surface area contributed by atoms with E-state index in [2.05, 4.69) is 59.3 Å². The smallest absolute Gasteiger partial charge is 0.119 e. The molecule has 0 saturated carbocycles. The Hall–Kier alpha value is -2.26. The molecular formula is C21H24N2O. The van der Waals surface area contributed by atoms with Crippen LogP contribution in [0.3, 0.4) is 0 Å². The highest BCUT2D eigenvalue weighted by molar-refractivity contribution is 5.96. The first-order valence-electron chi connectivity index (χ1n) is 8.83. The molecular weight excluding hydrogens is 296 g/mol. The van der Waals surface area contributed by atoms with Gasteiger partial charge >= 0.3 is 0 Å².